The van der Waals surface area contributed by atoms with Crippen LogP contribution in [0.5, 0.6) is 0 Å². The number of hydrogen-bond donors (Lipinski definition) is 0. The SMILES string of the molecule is CC[C@@H](C)N1C(=O)C(N(C(C)=O)c2ccc(C(F)(F)F)cc2C(F)(F)F)N=C(C2CC2)c2ccccc21. The summed E-state index contributed by atoms with van der Waals surface area (Å²) in [5.74, 6) is -1.74. The molecule has 2 aromatic rings. The second kappa shape index (κ2) is 9.50. The molecule has 5 nitrogen and oxygen atoms in total. The van der Waals surface area contributed by atoms with Crippen LogP contribution in [-0.4, -0.2) is 29.7 Å². The maximum atomic E-state index is 14.0. The summed E-state index contributed by atoms with van der Waals surface area (Å²) in [7, 11) is 0. The number of rotatable bonds is 5. The van der Waals surface area contributed by atoms with Crippen LogP contribution in [0.3, 0.4) is 0 Å². The number of alkyl halides is 6. The Morgan fingerprint density at radius 3 is 2.27 bits per heavy atom. The zero-order valence-electron chi connectivity index (χ0n) is 20.3. The van der Waals surface area contributed by atoms with Crippen molar-refractivity contribution in [2.45, 2.75) is 64.6 Å². The summed E-state index contributed by atoms with van der Waals surface area (Å²) in [4.78, 5) is 33.4. The molecular formula is C26H25F6N3O2. The van der Waals surface area contributed by atoms with Crippen molar-refractivity contribution in [3.05, 3.63) is 59.2 Å². The molecule has 11 heteroatoms. The van der Waals surface area contributed by atoms with Gasteiger partial charge in [0, 0.05) is 24.4 Å². The van der Waals surface area contributed by atoms with Crippen LogP contribution in [0.2, 0.25) is 0 Å². The number of hydrogen-bond acceptors (Lipinski definition) is 3. The minimum absolute atomic E-state index is 0.0425. The van der Waals surface area contributed by atoms with E-state index in [0.29, 0.717) is 40.4 Å². The van der Waals surface area contributed by atoms with Crippen molar-refractivity contribution in [1.29, 1.82) is 0 Å². The summed E-state index contributed by atoms with van der Waals surface area (Å²) in [6.07, 6.45) is -9.99. The molecule has 0 saturated heterocycles. The number of anilines is 2. The molecule has 1 aliphatic carbocycles. The number of fused-ring (bicyclic) bond motifs is 1. The Morgan fingerprint density at radius 2 is 1.73 bits per heavy atom. The summed E-state index contributed by atoms with van der Waals surface area (Å²) in [6, 6.07) is 7.59. The summed E-state index contributed by atoms with van der Waals surface area (Å²) in [6.45, 7) is 4.57. The standard InChI is InChI=1S/C26H25F6N3O2/c1-4-14(2)34-20-8-6-5-7-18(20)22(16-9-10-16)33-23(24(34)37)35(15(3)36)21-12-11-17(25(27,28)29)13-19(21)26(30,31)32/h5-8,11-14,16,23H,4,9-10H2,1-3H3/t14-,23?/m1/s1. The molecule has 1 unspecified atom stereocenters. The van der Waals surface area contributed by atoms with Crippen LogP contribution in [0.4, 0.5) is 37.7 Å². The molecule has 2 aromatic carbocycles. The van der Waals surface area contributed by atoms with Crippen LogP contribution in [0.15, 0.2) is 47.5 Å². The van der Waals surface area contributed by atoms with Crippen LogP contribution in [0, 0.1) is 5.92 Å². The lowest BCUT2D eigenvalue weighted by Crippen LogP contribution is -2.52. The molecule has 0 N–H and O–H groups in total. The van der Waals surface area contributed by atoms with E-state index < -0.39 is 53.2 Å². The Kier molecular flexibility index (Phi) is 6.85. The van der Waals surface area contributed by atoms with Gasteiger partial charge < -0.3 is 4.90 Å². The van der Waals surface area contributed by atoms with Gasteiger partial charge in [-0.1, -0.05) is 25.1 Å². The lowest BCUT2D eigenvalue weighted by molar-refractivity contribution is -0.143. The van der Waals surface area contributed by atoms with Crippen molar-refractivity contribution in [3.63, 3.8) is 0 Å². The number of amides is 2. The number of benzodiazepines with no additional fused rings is 1. The smallest absolute Gasteiger partial charge is 0.305 e. The maximum Gasteiger partial charge on any atom is 0.418 e. The highest BCUT2D eigenvalue weighted by Crippen LogP contribution is 2.43. The minimum atomic E-state index is -5.24. The second-order valence-electron chi connectivity index (χ2n) is 9.26. The van der Waals surface area contributed by atoms with Gasteiger partial charge in [0.25, 0.3) is 5.91 Å². The fraction of sp³-hybridized carbons (Fsp3) is 0.423. The molecule has 37 heavy (non-hydrogen) atoms. The first-order chi connectivity index (χ1) is 17.3. The Labute approximate surface area is 209 Å². The lowest BCUT2D eigenvalue weighted by Gasteiger charge is -2.35. The van der Waals surface area contributed by atoms with E-state index in [2.05, 4.69) is 4.99 Å². The van der Waals surface area contributed by atoms with E-state index in [1.54, 1.807) is 31.2 Å². The van der Waals surface area contributed by atoms with E-state index >= 15 is 0 Å². The van der Waals surface area contributed by atoms with E-state index in [9.17, 15) is 35.9 Å². The number of halogens is 6. The van der Waals surface area contributed by atoms with Crippen LogP contribution < -0.4 is 9.80 Å². The van der Waals surface area contributed by atoms with Crippen molar-refractivity contribution >= 4 is 28.9 Å². The first-order valence-electron chi connectivity index (χ1n) is 11.8. The monoisotopic (exact) mass is 525 g/mol. The molecule has 2 aliphatic rings. The molecule has 2 atom stereocenters. The van der Waals surface area contributed by atoms with Crippen LogP contribution in [0.25, 0.3) is 0 Å². The zero-order valence-corrected chi connectivity index (χ0v) is 20.3. The molecular weight excluding hydrogens is 500 g/mol. The molecule has 1 aliphatic heterocycles. The van der Waals surface area contributed by atoms with Gasteiger partial charge in [0.2, 0.25) is 12.1 Å². The van der Waals surface area contributed by atoms with Gasteiger partial charge in [-0.05, 0) is 50.5 Å². The summed E-state index contributed by atoms with van der Waals surface area (Å²) >= 11 is 0. The van der Waals surface area contributed by atoms with Gasteiger partial charge in [0.15, 0.2) is 0 Å². The van der Waals surface area contributed by atoms with Gasteiger partial charge in [-0.15, -0.1) is 0 Å². The normalized spacial score (nSPS) is 19.2. The van der Waals surface area contributed by atoms with E-state index in [1.165, 1.54) is 4.90 Å². The number of benzene rings is 2. The van der Waals surface area contributed by atoms with Gasteiger partial charge in [-0.2, -0.15) is 26.3 Å². The predicted octanol–water partition coefficient (Wildman–Crippen LogP) is 6.45. The third-order valence-corrected chi connectivity index (χ3v) is 6.63. The van der Waals surface area contributed by atoms with Gasteiger partial charge in [0.1, 0.15) is 0 Å². The molecule has 2 amide bonds. The number of carbonyl (C=O) groups is 2. The Morgan fingerprint density at radius 1 is 1.08 bits per heavy atom. The van der Waals surface area contributed by atoms with Crippen molar-refractivity contribution in [2.75, 3.05) is 9.80 Å². The summed E-state index contributed by atoms with van der Waals surface area (Å²) < 4.78 is 81.9. The highest BCUT2D eigenvalue weighted by Gasteiger charge is 2.45. The Hall–Kier alpha value is -3.37. The zero-order chi connectivity index (χ0) is 27.3. The third-order valence-electron chi connectivity index (χ3n) is 6.63. The van der Waals surface area contributed by atoms with Gasteiger partial charge in [-0.25, -0.2) is 0 Å². The largest absolute Gasteiger partial charge is 0.418 e. The highest BCUT2D eigenvalue weighted by molar-refractivity contribution is 6.16. The average Bonchev–Trinajstić information content (AvgIpc) is 3.66. The van der Waals surface area contributed by atoms with Crippen molar-refractivity contribution < 1.29 is 35.9 Å². The molecule has 0 radical (unpaired) electrons. The average molecular weight is 525 g/mol. The van der Waals surface area contributed by atoms with Crippen molar-refractivity contribution in [3.8, 4) is 0 Å². The molecule has 1 saturated carbocycles. The second-order valence-corrected chi connectivity index (χ2v) is 9.26. The maximum absolute atomic E-state index is 14.0. The van der Waals surface area contributed by atoms with Crippen LogP contribution in [-0.2, 0) is 21.9 Å². The number of carbonyl (C=O) groups excluding carboxylic acids is 2. The fourth-order valence-corrected chi connectivity index (χ4v) is 4.51. The minimum Gasteiger partial charge on any atom is -0.305 e. The first kappa shape index (κ1) is 26.7. The topological polar surface area (TPSA) is 53.0 Å². The molecule has 0 bridgehead atoms. The van der Waals surface area contributed by atoms with Gasteiger partial charge >= 0.3 is 12.4 Å². The number of para-hydroxylation sites is 1. The molecule has 1 heterocycles. The molecule has 4 rings (SSSR count). The van der Waals surface area contributed by atoms with Gasteiger partial charge in [-0.3, -0.25) is 19.5 Å². The summed E-state index contributed by atoms with van der Waals surface area (Å²) in [5, 5.41) is 0. The number of nitrogens with zero attached hydrogens (tertiary/aromatic N) is 3. The van der Waals surface area contributed by atoms with E-state index in [1.807, 2.05) is 6.92 Å². The Balaban J connectivity index is 1.96. The van der Waals surface area contributed by atoms with E-state index in [0.717, 1.165) is 19.8 Å². The molecule has 198 valence electrons. The highest BCUT2D eigenvalue weighted by atomic mass is 19.4. The first-order valence-corrected chi connectivity index (χ1v) is 11.8. The fourth-order valence-electron chi connectivity index (χ4n) is 4.51. The summed E-state index contributed by atoms with van der Waals surface area (Å²) in [5.41, 5.74) is -2.39. The van der Waals surface area contributed by atoms with Crippen LogP contribution >= 0.6 is 0 Å². The van der Waals surface area contributed by atoms with E-state index in [4.69, 9.17) is 0 Å². The molecule has 1 fully saturated rings. The van der Waals surface area contributed by atoms with Crippen molar-refractivity contribution in [1.82, 2.24) is 0 Å². The third kappa shape index (κ3) is 5.08. The quantitative estimate of drug-likeness (QED) is 0.422. The van der Waals surface area contributed by atoms with E-state index in [-0.39, 0.29) is 12.0 Å². The lowest BCUT2D eigenvalue weighted by atomic mass is 10.0. The Bertz CT molecular complexity index is 1250. The molecule has 0 spiro atoms. The number of aliphatic imine (C=N–C) groups is 1. The van der Waals surface area contributed by atoms with Crippen molar-refractivity contribution in [2.24, 2.45) is 10.9 Å². The predicted molar refractivity (Wildman–Crippen MR) is 126 cm³/mol. The molecule has 0 aromatic heterocycles. The van der Waals surface area contributed by atoms with Crippen LogP contribution in [0.1, 0.15) is 56.7 Å². The van der Waals surface area contributed by atoms with Gasteiger partial charge in [0.05, 0.1) is 28.2 Å².